The summed E-state index contributed by atoms with van der Waals surface area (Å²) in [5.74, 6) is -0.547. The SMILES string of the molecule is COC(=O)C1(S(=O)(=O)C2CCCCC2)CCC1. The van der Waals surface area contributed by atoms with E-state index >= 15 is 0 Å². The predicted octanol–water partition coefficient (Wildman–Crippen LogP) is 1.83. The van der Waals surface area contributed by atoms with Gasteiger partial charge in [0.2, 0.25) is 0 Å². The van der Waals surface area contributed by atoms with Crippen molar-refractivity contribution in [2.24, 2.45) is 0 Å². The predicted molar refractivity (Wildman–Crippen MR) is 64.4 cm³/mol. The summed E-state index contributed by atoms with van der Waals surface area (Å²) in [6.45, 7) is 0. The highest BCUT2D eigenvalue weighted by molar-refractivity contribution is 7.94. The van der Waals surface area contributed by atoms with Crippen molar-refractivity contribution in [3.63, 3.8) is 0 Å². The third-order valence-corrected chi connectivity index (χ3v) is 7.27. The molecule has 2 fully saturated rings. The fourth-order valence-electron chi connectivity index (χ4n) is 2.98. The number of carbonyl (C=O) groups is 1. The van der Waals surface area contributed by atoms with E-state index in [1.165, 1.54) is 7.11 Å². The van der Waals surface area contributed by atoms with Crippen LogP contribution in [0.4, 0.5) is 0 Å². The van der Waals surface area contributed by atoms with Crippen LogP contribution in [-0.2, 0) is 19.4 Å². The average Bonchev–Trinajstić information content (AvgIpc) is 2.28. The number of hydrogen-bond donors (Lipinski definition) is 0. The lowest BCUT2D eigenvalue weighted by molar-refractivity contribution is -0.146. The summed E-state index contributed by atoms with van der Waals surface area (Å²) in [6, 6.07) is 0. The van der Waals surface area contributed by atoms with Gasteiger partial charge >= 0.3 is 5.97 Å². The van der Waals surface area contributed by atoms with Crippen LogP contribution in [0.2, 0.25) is 0 Å². The molecule has 0 saturated heterocycles. The van der Waals surface area contributed by atoms with Crippen LogP contribution < -0.4 is 0 Å². The number of esters is 1. The van der Waals surface area contributed by atoms with Crippen molar-refractivity contribution in [3.05, 3.63) is 0 Å². The maximum Gasteiger partial charge on any atom is 0.327 e. The number of hydrogen-bond acceptors (Lipinski definition) is 4. The Morgan fingerprint density at radius 2 is 1.71 bits per heavy atom. The molecular weight excluding hydrogens is 240 g/mol. The molecule has 0 N–H and O–H groups in total. The normalized spacial score (nSPS) is 25.0. The topological polar surface area (TPSA) is 60.4 Å². The van der Waals surface area contributed by atoms with E-state index in [9.17, 15) is 13.2 Å². The zero-order valence-electron chi connectivity index (χ0n) is 10.3. The Bertz CT molecular complexity index is 389. The maximum absolute atomic E-state index is 12.6. The standard InChI is InChI=1S/C12H20O4S/c1-16-11(13)12(8-5-9-12)17(14,15)10-6-3-2-4-7-10/h10H,2-9H2,1H3. The van der Waals surface area contributed by atoms with E-state index in [2.05, 4.69) is 0 Å². The van der Waals surface area contributed by atoms with Gasteiger partial charge in [-0.1, -0.05) is 19.3 Å². The van der Waals surface area contributed by atoms with E-state index in [0.29, 0.717) is 25.7 Å². The number of methoxy groups -OCH3 is 1. The maximum atomic E-state index is 12.6. The Morgan fingerprint density at radius 1 is 1.12 bits per heavy atom. The van der Waals surface area contributed by atoms with Gasteiger partial charge in [0.15, 0.2) is 14.6 Å². The van der Waals surface area contributed by atoms with Crippen molar-refractivity contribution < 1.29 is 17.9 Å². The van der Waals surface area contributed by atoms with Gasteiger partial charge in [0.05, 0.1) is 12.4 Å². The molecule has 0 spiro atoms. The second-order valence-electron chi connectivity index (χ2n) is 5.14. The lowest BCUT2D eigenvalue weighted by Crippen LogP contribution is -2.56. The summed E-state index contributed by atoms with van der Waals surface area (Å²) in [5, 5.41) is -0.323. The van der Waals surface area contributed by atoms with Crippen LogP contribution in [-0.4, -0.2) is 31.5 Å². The third-order valence-electron chi connectivity index (χ3n) is 4.25. The van der Waals surface area contributed by atoms with Crippen molar-refractivity contribution in [3.8, 4) is 0 Å². The molecule has 0 aliphatic heterocycles. The van der Waals surface area contributed by atoms with Gasteiger partial charge in [0.25, 0.3) is 0 Å². The van der Waals surface area contributed by atoms with Gasteiger partial charge in [-0.2, -0.15) is 0 Å². The van der Waals surface area contributed by atoms with Gasteiger partial charge in [-0.05, 0) is 32.1 Å². The van der Waals surface area contributed by atoms with Crippen LogP contribution >= 0.6 is 0 Å². The largest absolute Gasteiger partial charge is 0.468 e. The molecule has 2 aliphatic carbocycles. The first-order valence-electron chi connectivity index (χ1n) is 6.36. The number of carbonyl (C=O) groups excluding carboxylic acids is 1. The molecule has 0 aromatic heterocycles. The van der Waals surface area contributed by atoms with Gasteiger partial charge < -0.3 is 4.74 Å². The molecule has 98 valence electrons. The quantitative estimate of drug-likeness (QED) is 0.726. The summed E-state index contributed by atoms with van der Waals surface area (Å²) in [6.07, 6.45) is 6.14. The van der Waals surface area contributed by atoms with Crippen LogP contribution in [0.1, 0.15) is 51.4 Å². The van der Waals surface area contributed by atoms with Crippen LogP contribution in [0.3, 0.4) is 0 Å². The van der Waals surface area contributed by atoms with Gasteiger partial charge in [-0.3, -0.25) is 4.79 Å². The smallest absolute Gasteiger partial charge is 0.327 e. The Kier molecular flexibility index (Phi) is 3.48. The second kappa shape index (κ2) is 4.59. The van der Waals surface area contributed by atoms with Crippen molar-refractivity contribution in [1.82, 2.24) is 0 Å². The first-order chi connectivity index (χ1) is 8.04. The summed E-state index contributed by atoms with van der Waals surface area (Å²) in [7, 11) is -2.10. The van der Waals surface area contributed by atoms with Gasteiger partial charge in [0, 0.05) is 0 Å². The molecule has 17 heavy (non-hydrogen) atoms. The minimum atomic E-state index is -3.37. The fourth-order valence-corrected chi connectivity index (χ4v) is 5.75. The third kappa shape index (κ3) is 1.88. The fraction of sp³-hybridized carbons (Fsp3) is 0.917. The van der Waals surface area contributed by atoms with Crippen molar-refractivity contribution >= 4 is 15.8 Å². The van der Waals surface area contributed by atoms with E-state index in [4.69, 9.17) is 4.74 Å². The van der Waals surface area contributed by atoms with E-state index in [1.807, 2.05) is 0 Å². The molecule has 5 heteroatoms. The molecule has 4 nitrogen and oxygen atoms in total. The summed E-state index contributed by atoms with van der Waals surface area (Å²) < 4.78 is 28.7. The minimum absolute atomic E-state index is 0.323. The summed E-state index contributed by atoms with van der Waals surface area (Å²) in [4.78, 5) is 11.8. The van der Waals surface area contributed by atoms with Crippen molar-refractivity contribution in [2.75, 3.05) is 7.11 Å². The number of ether oxygens (including phenoxy) is 1. The van der Waals surface area contributed by atoms with Crippen LogP contribution in [0, 0.1) is 0 Å². The van der Waals surface area contributed by atoms with E-state index < -0.39 is 20.6 Å². The van der Waals surface area contributed by atoms with Crippen LogP contribution in [0.15, 0.2) is 0 Å². The van der Waals surface area contributed by atoms with Gasteiger partial charge in [0.1, 0.15) is 0 Å². The molecule has 0 aromatic carbocycles. The molecule has 0 amide bonds. The first kappa shape index (κ1) is 12.9. The summed E-state index contributed by atoms with van der Waals surface area (Å²) in [5.41, 5.74) is 0. The number of sulfone groups is 1. The Labute approximate surface area is 103 Å². The molecule has 0 aromatic rings. The lowest BCUT2D eigenvalue weighted by atomic mass is 9.84. The minimum Gasteiger partial charge on any atom is -0.468 e. The highest BCUT2D eigenvalue weighted by atomic mass is 32.2. The van der Waals surface area contributed by atoms with E-state index in [-0.39, 0.29) is 5.25 Å². The highest BCUT2D eigenvalue weighted by Gasteiger charge is 2.58. The van der Waals surface area contributed by atoms with Crippen molar-refractivity contribution in [1.29, 1.82) is 0 Å². The zero-order chi connectivity index (χ0) is 12.5. The molecule has 0 unspecified atom stereocenters. The lowest BCUT2D eigenvalue weighted by Gasteiger charge is -2.41. The molecule has 0 bridgehead atoms. The molecule has 2 aliphatic rings. The molecule has 2 rings (SSSR count). The van der Waals surface area contributed by atoms with Crippen LogP contribution in [0.5, 0.6) is 0 Å². The molecule has 0 atom stereocenters. The monoisotopic (exact) mass is 260 g/mol. The Balaban J connectivity index is 2.26. The molecule has 0 radical (unpaired) electrons. The Hall–Kier alpha value is -0.580. The van der Waals surface area contributed by atoms with Crippen LogP contribution in [0.25, 0.3) is 0 Å². The van der Waals surface area contributed by atoms with Crippen molar-refractivity contribution in [2.45, 2.75) is 61.4 Å². The van der Waals surface area contributed by atoms with E-state index in [1.54, 1.807) is 0 Å². The molecular formula is C12H20O4S. The Morgan fingerprint density at radius 3 is 2.12 bits per heavy atom. The molecule has 2 saturated carbocycles. The molecule has 0 heterocycles. The summed E-state index contributed by atoms with van der Waals surface area (Å²) >= 11 is 0. The average molecular weight is 260 g/mol. The second-order valence-corrected chi connectivity index (χ2v) is 7.68. The van der Waals surface area contributed by atoms with Gasteiger partial charge in [-0.15, -0.1) is 0 Å². The highest BCUT2D eigenvalue weighted by Crippen LogP contribution is 2.44. The van der Waals surface area contributed by atoms with Gasteiger partial charge in [-0.25, -0.2) is 8.42 Å². The zero-order valence-corrected chi connectivity index (χ0v) is 11.1. The first-order valence-corrected chi connectivity index (χ1v) is 7.91. The van der Waals surface area contributed by atoms with E-state index in [0.717, 1.165) is 25.7 Å². The number of rotatable bonds is 3.